The third-order valence-electron chi connectivity index (χ3n) is 6.01. The summed E-state index contributed by atoms with van der Waals surface area (Å²) in [5.74, 6) is -0.267. The van der Waals surface area contributed by atoms with Crippen molar-refractivity contribution in [3.63, 3.8) is 0 Å². The van der Waals surface area contributed by atoms with Gasteiger partial charge < -0.3 is 9.64 Å². The van der Waals surface area contributed by atoms with Gasteiger partial charge in [0.25, 0.3) is 5.91 Å². The molecule has 1 aliphatic heterocycles. The fraction of sp³-hybridized carbons (Fsp3) is 0.148. The summed E-state index contributed by atoms with van der Waals surface area (Å²) in [4.78, 5) is 40.0. The molecule has 0 aliphatic carbocycles. The number of benzene rings is 3. The largest absolute Gasteiger partial charge is 0.465 e. The van der Waals surface area contributed by atoms with Crippen molar-refractivity contribution in [3.8, 4) is 0 Å². The first-order chi connectivity index (χ1) is 17.0. The van der Waals surface area contributed by atoms with Gasteiger partial charge in [0.05, 0.1) is 23.9 Å². The summed E-state index contributed by atoms with van der Waals surface area (Å²) >= 11 is 7.55. The van der Waals surface area contributed by atoms with Gasteiger partial charge in [-0.05, 0) is 41.5 Å². The Bertz CT molecular complexity index is 1430. The standard InChI is InChI=1S/C27H21ClN2O4S/c1-34-27(33)22-15-29(23-5-3-2-4-21(22)23)25(32)18-8-10-19(11-9-18)26-30(24(31)16-35-26)14-17-6-12-20(28)13-7-17/h2-13,15,26H,14,16H2,1H3. The predicted octanol–water partition coefficient (Wildman–Crippen LogP) is 5.54. The van der Waals surface area contributed by atoms with E-state index < -0.39 is 5.97 Å². The van der Waals surface area contributed by atoms with Crippen LogP contribution in [0.5, 0.6) is 0 Å². The average molecular weight is 505 g/mol. The second-order valence-electron chi connectivity index (χ2n) is 8.16. The molecular weight excluding hydrogens is 484 g/mol. The lowest BCUT2D eigenvalue weighted by Crippen LogP contribution is -2.27. The molecule has 0 radical (unpaired) electrons. The number of methoxy groups -OCH3 is 1. The van der Waals surface area contributed by atoms with E-state index in [1.807, 2.05) is 53.4 Å². The monoisotopic (exact) mass is 504 g/mol. The summed E-state index contributed by atoms with van der Waals surface area (Å²) in [5.41, 5.74) is 3.39. The van der Waals surface area contributed by atoms with Crippen LogP contribution < -0.4 is 0 Å². The number of aromatic nitrogens is 1. The van der Waals surface area contributed by atoms with Gasteiger partial charge in [0.15, 0.2) is 0 Å². The van der Waals surface area contributed by atoms with E-state index in [0.717, 1.165) is 11.1 Å². The van der Waals surface area contributed by atoms with Crippen LogP contribution in [0.3, 0.4) is 0 Å². The molecule has 1 saturated heterocycles. The van der Waals surface area contributed by atoms with Crippen LogP contribution in [0.25, 0.3) is 10.9 Å². The van der Waals surface area contributed by atoms with Crippen molar-refractivity contribution in [2.45, 2.75) is 11.9 Å². The molecule has 0 saturated carbocycles. The second kappa shape index (κ2) is 9.60. The van der Waals surface area contributed by atoms with Crippen molar-refractivity contribution < 1.29 is 19.1 Å². The Hall–Kier alpha value is -3.55. The normalized spacial score (nSPS) is 15.5. The SMILES string of the molecule is COC(=O)c1cn(C(=O)c2ccc(C3SCC(=O)N3Cc3ccc(Cl)cc3)cc2)c2ccccc12. The molecule has 4 aromatic rings. The molecule has 1 unspecified atom stereocenters. The predicted molar refractivity (Wildman–Crippen MR) is 137 cm³/mol. The second-order valence-corrected chi connectivity index (χ2v) is 9.67. The zero-order chi connectivity index (χ0) is 24.5. The van der Waals surface area contributed by atoms with Gasteiger partial charge >= 0.3 is 5.97 Å². The minimum atomic E-state index is -0.494. The summed E-state index contributed by atoms with van der Waals surface area (Å²) in [6.07, 6.45) is 1.52. The van der Waals surface area contributed by atoms with Crippen molar-refractivity contribution in [2.75, 3.05) is 12.9 Å². The van der Waals surface area contributed by atoms with Crippen LogP contribution in [0.15, 0.2) is 79.0 Å². The minimum Gasteiger partial charge on any atom is -0.465 e. The van der Waals surface area contributed by atoms with E-state index >= 15 is 0 Å². The number of halogens is 1. The number of hydrogen-bond acceptors (Lipinski definition) is 5. The van der Waals surface area contributed by atoms with Gasteiger partial charge in [0.1, 0.15) is 5.37 Å². The van der Waals surface area contributed by atoms with Crippen molar-refractivity contribution in [3.05, 3.63) is 106 Å². The molecule has 8 heteroatoms. The number of para-hydroxylation sites is 1. The smallest absolute Gasteiger partial charge is 0.340 e. The molecule has 1 aliphatic rings. The van der Waals surface area contributed by atoms with Gasteiger partial charge in [-0.15, -0.1) is 11.8 Å². The summed E-state index contributed by atoms with van der Waals surface area (Å²) < 4.78 is 6.35. The van der Waals surface area contributed by atoms with Gasteiger partial charge in [0.2, 0.25) is 5.91 Å². The first-order valence-electron chi connectivity index (χ1n) is 10.9. The number of nitrogens with zero attached hydrogens (tertiary/aromatic N) is 2. The maximum Gasteiger partial charge on any atom is 0.340 e. The van der Waals surface area contributed by atoms with Crippen LogP contribution in [0.1, 0.15) is 37.2 Å². The molecule has 0 bridgehead atoms. The van der Waals surface area contributed by atoms with E-state index in [1.165, 1.54) is 17.9 Å². The Labute approximate surface area is 211 Å². The maximum absolute atomic E-state index is 13.3. The molecule has 1 aromatic heterocycles. The molecule has 176 valence electrons. The zero-order valence-electron chi connectivity index (χ0n) is 18.8. The summed E-state index contributed by atoms with van der Waals surface area (Å²) in [7, 11) is 1.32. The van der Waals surface area contributed by atoms with Gasteiger partial charge in [-0.25, -0.2) is 4.79 Å². The van der Waals surface area contributed by atoms with Crippen molar-refractivity contribution in [2.24, 2.45) is 0 Å². The summed E-state index contributed by atoms with van der Waals surface area (Å²) in [5, 5.41) is 1.17. The Morgan fingerprint density at radius 1 is 1.03 bits per heavy atom. The third-order valence-corrected chi connectivity index (χ3v) is 7.52. The fourth-order valence-electron chi connectivity index (χ4n) is 4.24. The highest BCUT2D eigenvalue weighted by atomic mass is 35.5. The quantitative estimate of drug-likeness (QED) is 0.334. The highest BCUT2D eigenvalue weighted by Gasteiger charge is 2.33. The van der Waals surface area contributed by atoms with Crippen LogP contribution in [0.2, 0.25) is 5.02 Å². The number of ether oxygens (including phenoxy) is 1. The number of rotatable bonds is 5. The molecule has 1 amide bonds. The Morgan fingerprint density at radius 2 is 1.74 bits per heavy atom. The lowest BCUT2D eigenvalue weighted by atomic mass is 10.1. The van der Waals surface area contributed by atoms with Crippen LogP contribution in [-0.4, -0.2) is 40.1 Å². The van der Waals surface area contributed by atoms with E-state index in [0.29, 0.717) is 39.4 Å². The highest BCUT2D eigenvalue weighted by molar-refractivity contribution is 8.00. The fourth-order valence-corrected chi connectivity index (χ4v) is 5.55. The minimum absolute atomic E-state index is 0.0734. The number of thioether (sulfide) groups is 1. The highest BCUT2D eigenvalue weighted by Crippen LogP contribution is 2.39. The molecule has 0 spiro atoms. The number of esters is 1. The molecule has 5 rings (SSSR count). The van der Waals surface area contributed by atoms with E-state index in [1.54, 1.807) is 36.0 Å². The van der Waals surface area contributed by atoms with Crippen molar-refractivity contribution in [1.29, 1.82) is 0 Å². The maximum atomic E-state index is 13.3. The van der Waals surface area contributed by atoms with E-state index in [-0.39, 0.29) is 17.2 Å². The number of carbonyl (C=O) groups is 3. The summed E-state index contributed by atoms with van der Waals surface area (Å²) in [6, 6.07) is 22.0. The van der Waals surface area contributed by atoms with Gasteiger partial charge in [-0.2, -0.15) is 0 Å². The van der Waals surface area contributed by atoms with E-state index in [2.05, 4.69) is 0 Å². The molecule has 1 fully saturated rings. The topological polar surface area (TPSA) is 68.6 Å². The molecule has 0 N–H and O–H groups in total. The van der Waals surface area contributed by atoms with Crippen LogP contribution in [0, 0.1) is 0 Å². The van der Waals surface area contributed by atoms with E-state index in [9.17, 15) is 14.4 Å². The van der Waals surface area contributed by atoms with Gasteiger partial charge in [-0.1, -0.05) is 54.1 Å². The van der Waals surface area contributed by atoms with Crippen LogP contribution in [-0.2, 0) is 16.1 Å². The van der Waals surface area contributed by atoms with E-state index in [4.69, 9.17) is 16.3 Å². The number of amides is 1. The lowest BCUT2D eigenvalue weighted by molar-refractivity contribution is -0.128. The first kappa shape index (κ1) is 23.2. The third kappa shape index (κ3) is 4.45. The summed E-state index contributed by atoms with van der Waals surface area (Å²) in [6.45, 7) is 0.486. The first-order valence-corrected chi connectivity index (χ1v) is 12.4. The molecular formula is C27H21ClN2O4S. The molecule has 1 atom stereocenters. The van der Waals surface area contributed by atoms with Gasteiger partial charge in [-0.3, -0.25) is 14.2 Å². The zero-order valence-corrected chi connectivity index (χ0v) is 20.4. The number of carbonyl (C=O) groups excluding carboxylic acids is 3. The van der Waals surface area contributed by atoms with Crippen molar-refractivity contribution in [1.82, 2.24) is 9.47 Å². The van der Waals surface area contributed by atoms with Crippen LogP contribution >= 0.6 is 23.4 Å². The van der Waals surface area contributed by atoms with Crippen LogP contribution in [0.4, 0.5) is 0 Å². The number of fused-ring (bicyclic) bond motifs is 1. The molecule has 35 heavy (non-hydrogen) atoms. The molecule has 3 aromatic carbocycles. The Morgan fingerprint density at radius 3 is 2.46 bits per heavy atom. The average Bonchev–Trinajstić information content (AvgIpc) is 3.45. The Balaban J connectivity index is 1.41. The number of hydrogen-bond donors (Lipinski definition) is 0. The van der Waals surface area contributed by atoms with Gasteiger partial charge in [0, 0.05) is 28.7 Å². The molecule has 6 nitrogen and oxygen atoms in total. The van der Waals surface area contributed by atoms with Crippen molar-refractivity contribution >= 4 is 52.0 Å². The molecule has 2 heterocycles. The lowest BCUT2D eigenvalue weighted by Gasteiger charge is -2.24. The Kier molecular flexibility index (Phi) is 6.36.